The Balaban J connectivity index is 1.97. The molecule has 0 spiro atoms. The van der Waals surface area contributed by atoms with Gasteiger partial charge in [0.25, 0.3) is 0 Å². The molecular weight excluding hydrogens is 569 g/mol. The first-order valence-electron chi connectivity index (χ1n) is 12.9. The molecule has 10 heteroatoms. The molecule has 3 rings (SSSR count). The molecule has 0 aliphatic carbocycles. The second-order valence-electron chi connectivity index (χ2n) is 10.0. The van der Waals surface area contributed by atoms with Crippen molar-refractivity contribution in [1.82, 2.24) is 4.90 Å². The number of carbonyl (C=O) groups excluding carboxylic acids is 1. The van der Waals surface area contributed by atoms with E-state index in [9.17, 15) is 4.79 Å². The van der Waals surface area contributed by atoms with Gasteiger partial charge in [0.05, 0.1) is 61.3 Å². The van der Waals surface area contributed by atoms with E-state index in [-0.39, 0.29) is 42.2 Å². The molecule has 210 valence electrons. The number of amidine groups is 1. The van der Waals surface area contributed by atoms with Gasteiger partial charge < -0.3 is 23.8 Å². The molecule has 1 aliphatic rings. The minimum Gasteiger partial charge on any atom is -0.493 e. The highest BCUT2D eigenvalue weighted by atomic mass is 79.9. The number of carbonyl (C=O) groups is 1. The zero-order valence-electron chi connectivity index (χ0n) is 23.3. The fourth-order valence-electron chi connectivity index (χ4n) is 4.47. The highest BCUT2D eigenvalue weighted by Gasteiger charge is 2.34. The van der Waals surface area contributed by atoms with E-state index in [2.05, 4.69) is 26.2 Å². The van der Waals surface area contributed by atoms with Crippen LogP contribution in [0.4, 0.5) is 4.39 Å². The van der Waals surface area contributed by atoms with E-state index in [1.807, 2.05) is 33.8 Å². The standard InChI is InChI=1S/C29H35BrFN3O5/c1-7-37-23-15-19-16-34(28(33-30)24(19)25(31)27(23)38-8-2)17-21(35)18-13-20(29(3,4)5)26(36-6)22(14-18)39-12-10-9-11-32/h13-15H,7-10,12,16-17H2,1-6H3. The van der Waals surface area contributed by atoms with E-state index < -0.39 is 5.82 Å². The second-order valence-corrected chi connectivity index (χ2v) is 10.4. The van der Waals surface area contributed by atoms with Crippen LogP contribution in [0.25, 0.3) is 0 Å². The molecule has 0 bridgehead atoms. The minimum absolute atomic E-state index is 0.0306. The van der Waals surface area contributed by atoms with Crippen molar-refractivity contribution < 1.29 is 28.1 Å². The summed E-state index contributed by atoms with van der Waals surface area (Å²) in [6, 6.07) is 7.33. The summed E-state index contributed by atoms with van der Waals surface area (Å²) in [5, 5.41) is 8.85. The minimum atomic E-state index is -0.571. The number of unbranched alkanes of at least 4 members (excludes halogenated alkanes) is 1. The Kier molecular flexibility index (Phi) is 10.2. The quantitative estimate of drug-likeness (QED) is 0.205. The number of fused-ring (bicyclic) bond motifs is 1. The van der Waals surface area contributed by atoms with Gasteiger partial charge in [0.2, 0.25) is 0 Å². The van der Waals surface area contributed by atoms with Gasteiger partial charge in [-0.05, 0) is 49.4 Å². The van der Waals surface area contributed by atoms with Gasteiger partial charge >= 0.3 is 0 Å². The van der Waals surface area contributed by atoms with Crippen LogP contribution in [-0.4, -0.2) is 50.0 Å². The van der Waals surface area contributed by atoms with Crippen molar-refractivity contribution in [3.8, 4) is 29.1 Å². The van der Waals surface area contributed by atoms with Crippen LogP contribution in [0.5, 0.6) is 23.0 Å². The largest absolute Gasteiger partial charge is 0.493 e. The smallest absolute Gasteiger partial charge is 0.197 e. The Hall–Kier alpha value is -3.32. The van der Waals surface area contributed by atoms with Gasteiger partial charge in [-0.15, -0.1) is 0 Å². The van der Waals surface area contributed by atoms with E-state index in [4.69, 9.17) is 24.2 Å². The lowest BCUT2D eigenvalue weighted by molar-refractivity contribution is 0.0962. The SMILES string of the molecule is CCOc1cc2c(c(F)c1OCC)C(=NBr)N(CC(=O)c1cc(OCCCC#N)c(OC)c(C(C)(C)C)c1)C2. The first-order valence-corrected chi connectivity index (χ1v) is 13.6. The topological polar surface area (TPSA) is 93.4 Å². The maximum absolute atomic E-state index is 15.6. The van der Waals surface area contributed by atoms with Crippen LogP contribution >= 0.6 is 16.1 Å². The van der Waals surface area contributed by atoms with E-state index in [1.165, 1.54) is 0 Å². The molecule has 0 radical (unpaired) electrons. The zero-order chi connectivity index (χ0) is 28.7. The molecule has 1 heterocycles. The summed E-state index contributed by atoms with van der Waals surface area (Å²) in [6.07, 6.45) is 0.919. The lowest BCUT2D eigenvalue weighted by Crippen LogP contribution is -2.31. The summed E-state index contributed by atoms with van der Waals surface area (Å²) in [7, 11) is 1.57. The highest BCUT2D eigenvalue weighted by molar-refractivity contribution is 9.08. The van der Waals surface area contributed by atoms with Crippen molar-refractivity contribution >= 4 is 27.8 Å². The van der Waals surface area contributed by atoms with Gasteiger partial charge in [0, 0.05) is 24.1 Å². The summed E-state index contributed by atoms with van der Waals surface area (Å²) in [6.45, 7) is 10.8. The van der Waals surface area contributed by atoms with Gasteiger partial charge in [0.1, 0.15) is 5.84 Å². The number of nitriles is 1. The van der Waals surface area contributed by atoms with Crippen LogP contribution in [0.2, 0.25) is 0 Å². The summed E-state index contributed by atoms with van der Waals surface area (Å²) in [5.41, 5.74) is 1.84. The van der Waals surface area contributed by atoms with Crippen molar-refractivity contribution in [1.29, 1.82) is 5.26 Å². The number of ketones is 1. The maximum Gasteiger partial charge on any atom is 0.197 e. The number of benzene rings is 2. The van der Waals surface area contributed by atoms with E-state index in [1.54, 1.807) is 31.1 Å². The molecule has 0 unspecified atom stereocenters. The van der Waals surface area contributed by atoms with Crippen LogP contribution in [0, 0.1) is 17.1 Å². The Morgan fingerprint density at radius 2 is 1.82 bits per heavy atom. The first kappa shape index (κ1) is 30.2. The number of rotatable bonds is 12. The number of ether oxygens (including phenoxy) is 4. The number of methoxy groups -OCH3 is 1. The average molecular weight is 605 g/mol. The van der Waals surface area contributed by atoms with Crippen molar-refractivity contribution in [2.24, 2.45) is 4.02 Å². The molecule has 2 aromatic rings. The van der Waals surface area contributed by atoms with Gasteiger partial charge in [-0.3, -0.25) is 4.79 Å². The molecule has 0 saturated heterocycles. The summed E-state index contributed by atoms with van der Waals surface area (Å²) < 4.78 is 42.6. The number of halogens is 2. The third-order valence-corrected chi connectivity index (χ3v) is 6.57. The molecule has 0 saturated carbocycles. The van der Waals surface area contributed by atoms with Crippen molar-refractivity contribution in [3.63, 3.8) is 0 Å². The predicted molar refractivity (Wildman–Crippen MR) is 151 cm³/mol. The summed E-state index contributed by atoms with van der Waals surface area (Å²) >= 11 is 3.13. The van der Waals surface area contributed by atoms with Crippen molar-refractivity contribution in [2.45, 2.75) is 59.4 Å². The van der Waals surface area contributed by atoms with E-state index in [0.29, 0.717) is 60.3 Å². The first-order chi connectivity index (χ1) is 18.6. The second kappa shape index (κ2) is 13.2. The van der Waals surface area contributed by atoms with Crippen LogP contribution in [0.15, 0.2) is 22.2 Å². The van der Waals surface area contributed by atoms with Crippen LogP contribution in [-0.2, 0) is 12.0 Å². The predicted octanol–water partition coefficient (Wildman–Crippen LogP) is 6.37. The zero-order valence-corrected chi connectivity index (χ0v) is 24.9. The molecule has 8 nitrogen and oxygen atoms in total. The molecule has 2 aromatic carbocycles. The van der Waals surface area contributed by atoms with Gasteiger partial charge in [0.15, 0.2) is 34.6 Å². The summed E-state index contributed by atoms with van der Waals surface area (Å²) in [5.74, 6) is 0.891. The Morgan fingerprint density at radius 3 is 2.41 bits per heavy atom. The Bertz CT molecular complexity index is 1280. The number of Topliss-reactive ketones (excluding diaryl/α,β-unsaturated/α-hetero) is 1. The molecule has 0 aromatic heterocycles. The fraction of sp³-hybridized carbons (Fsp3) is 0.483. The Labute approximate surface area is 238 Å². The third-order valence-electron chi connectivity index (χ3n) is 6.24. The number of hydrogen-bond acceptors (Lipinski definition) is 7. The molecule has 39 heavy (non-hydrogen) atoms. The van der Waals surface area contributed by atoms with Crippen LogP contribution in [0.1, 0.15) is 74.5 Å². The van der Waals surface area contributed by atoms with Crippen molar-refractivity contribution in [2.75, 3.05) is 33.5 Å². The van der Waals surface area contributed by atoms with Gasteiger partial charge in [-0.2, -0.15) is 9.28 Å². The molecule has 0 fully saturated rings. The molecule has 0 N–H and O–H groups in total. The molecule has 0 atom stereocenters. The van der Waals surface area contributed by atoms with Crippen molar-refractivity contribution in [3.05, 3.63) is 46.3 Å². The van der Waals surface area contributed by atoms with E-state index >= 15 is 4.39 Å². The monoisotopic (exact) mass is 603 g/mol. The lowest BCUT2D eigenvalue weighted by atomic mass is 9.84. The lowest BCUT2D eigenvalue weighted by Gasteiger charge is -2.25. The Morgan fingerprint density at radius 1 is 1.13 bits per heavy atom. The molecule has 1 aliphatic heterocycles. The maximum atomic E-state index is 15.6. The number of hydrogen-bond donors (Lipinski definition) is 0. The van der Waals surface area contributed by atoms with Crippen LogP contribution < -0.4 is 18.9 Å². The summed E-state index contributed by atoms with van der Waals surface area (Å²) in [4.78, 5) is 15.4. The molecular formula is C29H35BrFN3O5. The van der Waals surface area contributed by atoms with E-state index in [0.717, 1.165) is 5.56 Å². The highest BCUT2D eigenvalue weighted by Crippen LogP contribution is 2.41. The van der Waals surface area contributed by atoms with Crippen LogP contribution in [0.3, 0.4) is 0 Å². The van der Waals surface area contributed by atoms with Gasteiger partial charge in [-0.25, -0.2) is 4.39 Å². The van der Waals surface area contributed by atoms with Gasteiger partial charge in [-0.1, -0.05) is 20.8 Å². The molecule has 0 amide bonds. The third kappa shape index (κ3) is 6.64. The fourth-order valence-corrected chi connectivity index (χ4v) is 4.87. The number of nitrogens with zero attached hydrogens (tertiary/aromatic N) is 3. The average Bonchev–Trinajstić information content (AvgIpc) is 3.24. The normalized spacial score (nSPS) is 13.7.